The number of aryl methyl sites for hydroxylation is 1. The highest BCUT2D eigenvalue weighted by atomic mass is 35.5. The number of aromatic nitrogens is 2. The van der Waals surface area contributed by atoms with Crippen LogP contribution in [0, 0.1) is 0 Å². The molecule has 0 spiro atoms. The number of nitrogens with one attached hydrogen (secondary N) is 1. The van der Waals surface area contributed by atoms with Crippen molar-refractivity contribution in [1.29, 1.82) is 0 Å². The summed E-state index contributed by atoms with van der Waals surface area (Å²) >= 11 is 6.00. The lowest BCUT2D eigenvalue weighted by Gasteiger charge is -2.06. The van der Waals surface area contributed by atoms with Crippen molar-refractivity contribution in [3.05, 3.63) is 59.4 Å². The topological polar surface area (TPSA) is 29.9 Å². The van der Waals surface area contributed by atoms with Crippen molar-refractivity contribution in [2.45, 2.75) is 6.42 Å². The van der Waals surface area contributed by atoms with Gasteiger partial charge in [-0.15, -0.1) is 0 Å². The van der Waals surface area contributed by atoms with Gasteiger partial charge in [0.1, 0.15) is 5.82 Å². The number of nitrogens with zero attached hydrogens (tertiary/aromatic N) is 2. The Morgan fingerprint density at radius 2 is 1.95 bits per heavy atom. The largest absolute Gasteiger partial charge is 0.385 e. The van der Waals surface area contributed by atoms with E-state index in [0.29, 0.717) is 0 Å². The molecule has 0 atom stereocenters. The van der Waals surface area contributed by atoms with Crippen molar-refractivity contribution in [2.24, 2.45) is 7.05 Å². The number of anilines is 1. The molecule has 3 nitrogen and oxygen atoms in total. The van der Waals surface area contributed by atoms with Crippen molar-refractivity contribution in [2.75, 3.05) is 11.9 Å². The number of hydrogen-bond acceptors (Lipinski definition) is 2. The zero-order valence-corrected chi connectivity index (χ0v) is 12.1. The minimum absolute atomic E-state index is 0.726. The lowest BCUT2D eigenvalue weighted by atomic mass is 10.3. The van der Waals surface area contributed by atoms with Gasteiger partial charge in [0.15, 0.2) is 0 Å². The second-order valence-corrected chi connectivity index (χ2v) is 5.20. The normalized spacial score (nSPS) is 10.9. The summed E-state index contributed by atoms with van der Waals surface area (Å²) in [7, 11) is 2.04. The van der Waals surface area contributed by atoms with Gasteiger partial charge in [-0.25, -0.2) is 4.98 Å². The summed E-state index contributed by atoms with van der Waals surface area (Å²) in [5.41, 5.74) is 3.20. The highest BCUT2D eigenvalue weighted by Gasteiger charge is 2.07. The first-order valence-corrected chi connectivity index (χ1v) is 7.01. The number of benzene rings is 2. The molecule has 3 rings (SSSR count). The molecule has 0 aliphatic carbocycles. The van der Waals surface area contributed by atoms with Gasteiger partial charge in [-0.1, -0.05) is 29.8 Å². The van der Waals surface area contributed by atoms with Crippen LogP contribution in [-0.2, 0) is 13.5 Å². The molecule has 1 N–H and O–H groups in total. The lowest BCUT2D eigenvalue weighted by Crippen LogP contribution is -2.08. The van der Waals surface area contributed by atoms with Gasteiger partial charge in [0, 0.05) is 30.7 Å². The summed E-state index contributed by atoms with van der Waals surface area (Å²) in [5, 5.41) is 4.12. The van der Waals surface area contributed by atoms with E-state index in [0.717, 1.165) is 40.5 Å². The Labute approximate surface area is 123 Å². The van der Waals surface area contributed by atoms with Crippen LogP contribution in [0.2, 0.25) is 5.02 Å². The van der Waals surface area contributed by atoms with E-state index in [1.54, 1.807) is 0 Å². The Morgan fingerprint density at radius 1 is 1.15 bits per heavy atom. The number of hydrogen-bond donors (Lipinski definition) is 1. The number of para-hydroxylation sites is 1. The van der Waals surface area contributed by atoms with Crippen LogP contribution >= 0.6 is 11.6 Å². The molecule has 3 aromatic rings. The third kappa shape index (κ3) is 2.63. The summed E-state index contributed by atoms with van der Waals surface area (Å²) in [6.45, 7) is 0.856. The van der Waals surface area contributed by atoms with Gasteiger partial charge in [0.25, 0.3) is 0 Å². The Kier molecular flexibility index (Phi) is 3.61. The maximum Gasteiger partial charge on any atom is 0.111 e. The monoisotopic (exact) mass is 285 g/mol. The van der Waals surface area contributed by atoms with Crippen molar-refractivity contribution < 1.29 is 0 Å². The fraction of sp³-hybridized carbons (Fsp3) is 0.188. The molecule has 0 saturated heterocycles. The molecule has 0 fully saturated rings. The van der Waals surface area contributed by atoms with Gasteiger partial charge in [-0.3, -0.25) is 0 Å². The highest BCUT2D eigenvalue weighted by Crippen LogP contribution is 2.19. The second kappa shape index (κ2) is 5.55. The molecule has 0 bridgehead atoms. The zero-order chi connectivity index (χ0) is 13.9. The third-order valence-corrected chi connectivity index (χ3v) is 3.62. The van der Waals surface area contributed by atoms with Crippen LogP contribution in [0.4, 0.5) is 5.69 Å². The molecule has 20 heavy (non-hydrogen) atoms. The predicted octanol–water partition coefficient (Wildman–Crippen LogP) is 3.88. The highest BCUT2D eigenvalue weighted by molar-refractivity contribution is 6.31. The molecule has 1 heterocycles. The average Bonchev–Trinajstić information content (AvgIpc) is 2.76. The van der Waals surface area contributed by atoms with Crippen LogP contribution < -0.4 is 5.32 Å². The molecule has 0 aliphatic heterocycles. The first-order valence-electron chi connectivity index (χ1n) is 6.64. The predicted molar refractivity (Wildman–Crippen MR) is 84.4 cm³/mol. The molecule has 0 unspecified atom stereocenters. The first-order chi connectivity index (χ1) is 9.74. The summed E-state index contributed by atoms with van der Waals surface area (Å²) in [6.07, 6.45) is 0.873. The molecule has 2 aromatic carbocycles. The minimum Gasteiger partial charge on any atom is -0.385 e. The van der Waals surface area contributed by atoms with Gasteiger partial charge in [0.05, 0.1) is 11.0 Å². The van der Waals surface area contributed by atoms with E-state index in [-0.39, 0.29) is 0 Å². The van der Waals surface area contributed by atoms with E-state index in [4.69, 9.17) is 11.6 Å². The van der Waals surface area contributed by atoms with Crippen LogP contribution in [-0.4, -0.2) is 16.1 Å². The van der Waals surface area contributed by atoms with E-state index in [9.17, 15) is 0 Å². The van der Waals surface area contributed by atoms with Crippen molar-refractivity contribution in [1.82, 2.24) is 9.55 Å². The summed E-state index contributed by atoms with van der Waals surface area (Å²) in [5.74, 6) is 1.06. The van der Waals surface area contributed by atoms with Crippen LogP contribution in [0.3, 0.4) is 0 Å². The molecule has 0 saturated carbocycles. The molecule has 0 radical (unpaired) electrons. The molecule has 0 amide bonds. The fourth-order valence-electron chi connectivity index (χ4n) is 2.32. The number of rotatable bonds is 4. The van der Waals surface area contributed by atoms with Crippen LogP contribution in [0.5, 0.6) is 0 Å². The van der Waals surface area contributed by atoms with E-state index < -0.39 is 0 Å². The van der Waals surface area contributed by atoms with E-state index in [1.807, 2.05) is 43.4 Å². The Hall–Kier alpha value is -2.00. The van der Waals surface area contributed by atoms with E-state index in [2.05, 4.69) is 27.0 Å². The van der Waals surface area contributed by atoms with Crippen molar-refractivity contribution in [3.63, 3.8) is 0 Å². The maximum atomic E-state index is 6.00. The van der Waals surface area contributed by atoms with Crippen molar-refractivity contribution in [3.8, 4) is 0 Å². The number of fused-ring (bicyclic) bond motifs is 1. The molecule has 1 aromatic heterocycles. The van der Waals surface area contributed by atoms with Crippen LogP contribution in [0.15, 0.2) is 48.5 Å². The first kappa shape index (κ1) is 13.0. The molecule has 0 aliphatic rings. The molecular weight excluding hydrogens is 270 g/mol. The smallest absolute Gasteiger partial charge is 0.111 e. The standard InChI is InChI=1S/C16H16ClN3/c1-20-15-8-7-12(17)11-14(15)19-16(20)9-10-18-13-5-3-2-4-6-13/h2-8,11,18H,9-10H2,1H3. The summed E-state index contributed by atoms with van der Waals surface area (Å²) in [6, 6.07) is 16.0. The molecule has 4 heteroatoms. The molecule has 102 valence electrons. The maximum absolute atomic E-state index is 6.00. The van der Waals surface area contributed by atoms with Gasteiger partial charge in [-0.2, -0.15) is 0 Å². The van der Waals surface area contributed by atoms with Gasteiger partial charge >= 0.3 is 0 Å². The summed E-state index contributed by atoms with van der Waals surface area (Å²) in [4.78, 5) is 4.64. The van der Waals surface area contributed by atoms with E-state index >= 15 is 0 Å². The number of imidazole rings is 1. The summed E-state index contributed by atoms with van der Waals surface area (Å²) < 4.78 is 2.12. The fourth-order valence-corrected chi connectivity index (χ4v) is 2.49. The number of halogens is 1. The van der Waals surface area contributed by atoms with Gasteiger partial charge in [0.2, 0.25) is 0 Å². The Balaban J connectivity index is 1.73. The third-order valence-electron chi connectivity index (χ3n) is 3.39. The van der Waals surface area contributed by atoms with Crippen molar-refractivity contribution >= 4 is 28.3 Å². The molecular formula is C16H16ClN3. The van der Waals surface area contributed by atoms with Gasteiger partial charge < -0.3 is 9.88 Å². The second-order valence-electron chi connectivity index (χ2n) is 4.76. The zero-order valence-electron chi connectivity index (χ0n) is 11.3. The van der Waals surface area contributed by atoms with E-state index in [1.165, 1.54) is 0 Å². The average molecular weight is 286 g/mol. The quantitative estimate of drug-likeness (QED) is 0.788. The van der Waals surface area contributed by atoms with Gasteiger partial charge in [-0.05, 0) is 30.3 Å². The lowest BCUT2D eigenvalue weighted by molar-refractivity contribution is 0.808. The minimum atomic E-state index is 0.726. The Morgan fingerprint density at radius 3 is 2.75 bits per heavy atom. The SMILES string of the molecule is Cn1c(CCNc2ccccc2)nc2cc(Cl)ccc21. The Bertz CT molecular complexity index is 719. The van der Waals surface area contributed by atoms with Crippen LogP contribution in [0.25, 0.3) is 11.0 Å². The van der Waals surface area contributed by atoms with Crippen LogP contribution in [0.1, 0.15) is 5.82 Å².